The van der Waals surface area contributed by atoms with Crippen LogP contribution in [-0.4, -0.2) is 11.7 Å². The van der Waals surface area contributed by atoms with Crippen molar-refractivity contribution in [1.82, 2.24) is 0 Å². The van der Waals surface area contributed by atoms with Crippen LogP contribution in [-0.2, 0) is 0 Å². The van der Waals surface area contributed by atoms with Crippen molar-refractivity contribution in [3.8, 4) is 0 Å². The third-order valence-electron chi connectivity index (χ3n) is 2.55. The van der Waals surface area contributed by atoms with E-state index in [0.29, 0.717) is 0 Å². The van der Waals surface area contributed by atoms with Gasteiger partial charge in [0.2, 0.25) is 5.96 Å². The van der Waals surface area contributed by atoms with Crippen LogP contribution in [0.5, 0.6) is 0 Å². The van der Waals surface area contributed by atoms with E-state index in [0.717, 1.165) is 30.4 Å². The van der Waals surface area contributed by atoms with Gasteiger partial charge in [0.15, 0.2) is 0 Å². The highest BCUT2D eigenvalue weighted by Gasteiger charge is 2.23. The predicted molar refractivity (Wildman–Crippen MR) is 55.4 cm³/mol. The van der Waals surface area contributed by atoms with Gasteiger partial charge in [-0.05, 0) is 31.1 Å². The van der Waals surface area contributed by atoms with Crippen LogP contribution in [0.25, 0.3) is 0 Å². The molecule has 0 amide bonds. The summed E-state index contributed by atoms with van der Waals surface area (Å²) in [7, 11) is 0. The molecule has 0 bridgehead atoms. The highest BCUT2D eigenvalue weighted by atomic mass is 15.3. The minimum Gasteiger partial charge on any atom is -0.369 e. The van der Waals surface area contributed by atoms with Gasteiger partial charge in [0.1, 0.15) is 0 Å². The Kier molecular flexibility index (Phi) is 3.28. The van der Waals surface area contributed by atoms with E-state index in [1.165, 1.54) is 6.42 Å². The summed E-state index contributed by atoms with van der Waals surface area (Å²) in [5.41, 5.74) is 11.5. The number of nitrogens with zero attached hydrogens (tertiary/aromatic N) is 2. The first-order chi connectivity index (χ1) is 6.09. The predicted octanol–water partition coefficient (Wildman–Crippen LogP) is 1.07. The van der Waals surface area contributed by atoms with Crippen molar-refractivity contribution in [3.05, 3.63) is 0 Å². The monoisotopic (exact) mass is 182 g/mol. The number of rotatable bonds is 2. The molecule has 1 aliphatic rings. The Hall–Kier alpha value is -1.06. The second kappa shape index (κ2) is 4.25. The molecule has 0 heterocycles. The van der Waals surface area contributed by atoms with Gasteiger partial charge in [0, 0.05) is 5.71 Å². The van der Waals surface area contributed by atoms with E-state index in [-0.39, 0.29) is 5.96 Å². The molecule has 1 unspecified atom stereocenters. The fraction of sp³-hybridized carbons (Fsp3) is 0.778. The summed E-state index contributed by atoms with van der Waals surface area (Å²) in [5.74, 6) is 1.53. The van der Waals surface area contributed by atoms with Crippen LogP contribution in [0.3, 0.4) is 0 Å². The van der Waals surface area contributed by atoms with Crippen molar-refractivity contribution in [2.24, 2.45) is 33.5 Å². The Morgan fingerprint density at radius 3 is 2.62 bits per heavy atom. The Labute approximate surface area is 79.1 Å². The molecule has 1 saturated carbocycles. The zero-order chi connectivity index (χ0) is 9.84. The van der Waals surface area contributed by atoms with Crippen LogP contribution >= 0.6 is 0 Å². The maximum atomic E-state index is 5.19. The van der Waals surface area contributed by atoms with Gasteiger partial charge in [-0.1, -0.05) is 13.8 Å². The molecule has 13 heavy (non-hydrogen) atoms. The normalized spacial score (nSPS) is 25.5. The molecular formula is C9H18N4. The first kappa shape index (κ1) is 10.0. The largest absolute Gasteiger partial charge is 0.369 e. The smallest absolute Gasteiger partial charge is 0.211 e. The Bertz CT molecular complexity index is 226. The molecular weight excluding hydrogens is 164 g/mol. The van der Waals surface area contributed by atoms with Crippen LogP contribution < -0.4 is 11.5 Å². The van der Waals surface area contributed by atoms with Gasteiger partial charge in [0.25, 0.3) is 0 Å². The lowest BCUT2D eigenvalue weighted by Crippen LogP contribution is -2.22. The van der Waals surface area contributed by atoms with Crippen molar-refractivity contribution < 1.29 is 0 Å². The van der Waals surface area contributed by atoms with Crippen LogP contribution in [0, 0.1) is 11.8 Å². The molecule has 0 aliphatic heterocycles. The zero-order valence-corrected chi connectivity index (χ0v) is 8.33. The maximum Gasteiger partial charge on any atom is 0.211 e. The molecule has 74 valence electrons. The lowest BCUT2D eigenvalue weighted by molar-refractivity contribution is 0.404. The standard InChI is InChI=1S/C9H18N4/c1-6(2)7-3-4-8(5-7)12-13-9(10)11/h6-7H,3-5H2,1-2H3,(H4,10,11,13)/b12-8+. The minimum absolute atomic E-state index is 0.0421. The molecule has 1 atom stereocenters. The first-order valence-corrected chi connectivity index (χ1v) is 4.74. The second-order valence-corrected chi connectivity index (χ2v) is 3.94. The lowest BCUT2D eigenvalue weighted by Gasteiger charge is -2.11. The molecule has 4 N–H and O–H groups in total. The quantitative estimate of drug-likeness (QED) is 0.381. The summed E-state index contributed by atoms with van der Waals surface area (Å²) >= 11 is 0. The molecule has 1 rings (SSSR count). The first-order valence-electron chi connectivity index (χ1n) is 4.74. The van der Waals surface area contributed by atoms with Gasteiger partial charge in [-0.3, -0.25) is 0 Å². The Morgan fingerprint density at radius 2 is 2.15 bits per heavy atom. The molecule has 0 aromatic rings. The topological polar surface area (TPSA) is 76.8 Å². The molecule has 0 radical (unpaired) electrons. The highest BCUT2D eigenvalue weighted by molar-refractivity contribution is 5.87. The van der Waals surface area contributed by atoms with Gasteiger partial charge < -0.3 is 11.5 Å². The SMILES string of the molecule is CC(C)C1CC/C(=N\N=C(N)N)C1. The average Bonchev–Trinajstić information content (AvgIpc) is 2.48. The summed E-state index contributed by atoms with van der Waals surface area (Å²) in [6.07, 6.45) is 3.31. The maximum absolute atomic E-state index is 5.19. The fourth-order valence-corrected chi connectivity index (χ4v) is 1.65. The molecule has 0 aromatic carbocycles. The van der Waals surface area contributed by atoms with E-state index in [4.69, 9.17) is 11.5 Å². The van der Waals surface area contributed by atoms with Gasteiger partial charge in [0.05, 0.1) is 0 Å². The summed E-state index contributed by atoms with van der Waals surface area (Å²) < 4.78 is 0. The van der Waals surface area contributed by atoms with E-state index in [2.05, 4.69) is 24.1 Å². The van der Waals surface area contributed by atoms with Crippen LogP contribution in [0.15, 0.2) is 10.2 Å². The van der Waals surface area contributed by atoms with Gasteiger partial charge >= 0.3 is 0 Å². The van der Waals surface area contributed by atoms with Gasteiger partial charge in [-0.2, -0.15) is 5.10 Å². The van der Waals surface area contributed by atoms with Gasteiger partial charge in [-0.15, -0.1) is 5.10 Å². The van der Waals surface area contributed by atoms with E-state index in [1.807, 2.05) is 0 Å². The van der Waals surface area contributed by atoms with Crippen molar-refractivity contribution in [1.29, 1.82) is 0 Å². The van der Waals surface area contributed by atoms with Gasteiger partial charge in [-0.25, -0.2) is 0 Å². The van der Waals surface area contributed by atoms with E-state index >= 15 is 0 Å². The average molecular weight is 182 g/mol. The zero-order valence-electron chi connectivity index (χ0n) is 8.33. The van der Waals surface area contributed by atoms with Crippen molar-refractivity contribution >= 4 is 11.7 Å². The number of hydrogen-bond acceptors (Lipinski definition) is 2. The van der Waals surface area contributed by atoms with Crippen LogP contribution in [0.2, 0.25) is 0 Å². The van der Waals surface area contributed by atoms with E-state index in [1.54, 1.807) is 0 Å². The Balaban J connectivity index is 2.50. The number of nitrogens with two attached hydrogens (primary N) is 2. The van der Waals surface area contributed by atoms with Crippen molar-refractivity contribution in [2.75, 3.05) is 0 Å². The molecule has 0 spiro atoms. The summed E-state index contributed by atoms with van der Waals surface area (Å²) in [6, 6.07) is 0. The molecule has 4 nitrogen and oxygen atoms in total. The highest BCUT2D eigenvalue weighted by Crippen LogP contribution is 2.29. The summed E-state index contributed by atoms with van der Waals surface area (Å²) in [5, 5.41) is 7.67. The third-order valence-corrected chi connectivity index (χ3v) is 2.55. The molecule has 1 fully saturated rings. The lowest BCUT2D eigenvalue weighted by atomic mass is 9.95. The van der Waals surface area contributed by atoms with Crippen LogP contribution in [0.4, 0.5) is 0 Å². The van der Waals surface area contributed by atoms with Crippen molar-refractivity contribution in [3.63, 3.8) is 0 Å². The molecule has 0 aromatic heterocycles. The summed E-state index contributed by atoms with van der Waals surface area (Å²) in [4.78, 5) is 0. The molecule has 0 saturated heterocycles. The molecule has 1 aliphatic carbocycles. The number of guanidine groups is 1. The number of hydrogen-bond donors (Lipinski definition) is 2. The summed E-state index contributed by atoms with van der Waals surface area (Å²) in [6.45, 7) is 4.49. The van der Waals surface area contributed by atoms with Crippen molar-refractivity contribution in [2.45, 2.75) is 33.1 Å². The fourth-order valence-electron chi connectivity index (χ4n) is 1.65. The van der Waals surface area contributed by atoms with E-state index < -0.39 is 0 Å². The second-order valence-electron chi connectivity index (χ2n) is 3.94. The Morgan fingerprint density at radius 1 is 1.46 bits per heavy atom. The molecule has 4 heteroatoms. The van der Waals surface area contributed by atoms with Crippen LogP contribution in [0.1, 0.15) is 33.1 Å². The van der Waals surface area contributed by atoms with E-state index in [9.17, 15) is 0 Å². The third kappa shape index (κ3) is 3.05. The minimum atomic E-state index is 0.0421.